The minimum atomic E-state index is -3.94. The number of nitrogens with zero attached hydrogens (tertiary/aromatic N) is 2. The zero-order valence-electron chi connectivity index (χ0n) is 16.9. The number of hydrogen-bond donors (Lipinski definition) is 1. The fourth-order valence-corrected chi connectivity index (χ4v) is 5.49. The van der Waals surface area contributed by atoms with Gasteiger partial charge in [-0.15, -0.1) is 0 Å². The molecular weight excluding hydrogens is 437 g/mol. The normalized spacial score (nSPS) is 15.3. The van der Waals surface area contributed by atoms with Gasteiger partial charge in [0.25, 0.3) is 15.9 Å². The lowest BCUT2D eigenvalue weighted by atomic mass is 10.1. The quantitative estimate of drug-likeness (QED) is 0.460. The number of carbonyl (C=O) groups is 1. The second kappa shape index (κ2) is 8.04. The summed E-state index contributed by atoms with van der Waals surface area (Å²) in [5.41, 5.74) is 0.807. The number of rotatable bonds is 5. The monoisotopic (exact) mass is 455 g/mol. The van der Waals surface area contributed by atoms with Gasteiger partial charge in [0.1, 0.15) is 0 Å². The largest absolute Gasteiger partial charge is 0.322 e. The molecule has 0 aliphatic carbocycles. The second-order valence-electron chi connectivity index (χ2n) is 7.39. The number of nitrogens with one attached hydrogen (secondary N) is 1. The zero-order valence-corrected chi connectivity index (χ0v) is 17.7. The van der Waals surface area contributed by atoms with Gasteiger partial charge in [0.05, 0.1) is 15.5 Å². The summed E-state index contributed by atoms with van der Waals surface area (Å²) < 4.78 is 41.6. The van der Waals surface area contributed by atoms with Gasteiger partial charge in [0.15, 0.2) is 0 Å². The number of nitro groups is 1. The molecule has 1 amide bonds. The van der Waals surface area contributed by atoms with Crippen LogP contribution in [0.3, 0.4) is 0 Å². The molecule has 3 aromatic rings. The smallest absolute Gasteiger partial charge is 0.306 e. The molecule has 3 aromatic carbocycles. The van der Waals surface area contributed by atoms with E-state index in [9.17, 15) is 27.7 Å². The summed E-state index contributed by atoms with van der Waals surface area (Å²) in [6, 6.07) is 15.4. The number of anilines is 2. The van der Waals surface area contributed by atoms with Gasteiger partial charge in [-0.25, -0.2) is 8.42 Å². The van der Waals surface area contributed by atoms with Gasteiger partial charge in [0.2, 0.25) is 5.82 Å². The number of amides is 1. The molecule has 0 saturated carbocycles. The predicted molar refractivity (Wildman–Crippen MR) is 117 cm³/mol. The van der Waals surface area contributed by atoms with Crippen molar-refractivity contribution in [3.05, 3.63) is 93.8 Å². The second-order valence-corrected chi connectivity index (χ2v) is 9.20. The molecule has 0 spiro atoms. The Morgan fingerprint density at radius 1 is 1.12 bits per heavy atom. The fourth-order valence-electron chi connectivity index (χ4n) is 3.75. The lowest BCUT2D eigenvalue weighted by Crippen LogP contribution is -2.35. The number of halogens is 1. The Hall–Kier alpha value is -3.79. The minimum absolute atomic E-state index is 0.0125. The number of fused-ring (bicyclic) bond motifs is 1. The van der Waals surface area contributed by atoms with Crippen molar-refractivity contribution in [2.24, 2.45) is 0 Å². The SMILES string of the molecule is C[C@@H]1Cc2ccccc2N1S(=O)(=O)c1cccc(C(=O)Nc2ccc(F)c([N+](=O)[O-])c2)c1. The van der Waals surface area contributed by atoms with Crippen LogP contribution < -0.4 is 9.62 Å². The molecule has 1 N–H and O–H groups in total. The van der Waals surface area contributed by atoms with Crippen LogP contribution in [0.25, 0.3) is 0 Å². The van der Waals surface area contributed by atoms with Crippen molar-refractivity contribution in [2.45, 2.75) is 24.3 Å². The topological polar surface area (TPSA) is 110 Å². The molecule has 32 heavy (non-hydrogen) atoms. The molecule has 0 unspecified atom stereocenters. The molecule has 1 atom stereocenters. The Morgan fingerprint density at radius 3 is 2.62 bits per heavy atom. The van der Waals surface area contributed by atoms with Crippen molar-refractivity contribution in [1.82, 2.24) is 0 Å². The summed E-state index contributed by atoms with van der Waals surface area (Å²) in [5.74, 6) is -1.71. The molecule has 1 heterocycles. The van der Waals surface area contributed by atoms with Crippen molar-refractivity contribution < 1.29 is 22.5 Å². The summed E-state index contributed by atoms with van der Waals surface area (Å²) in [7, 11) is -3.94. The maximum Gasteiger partial charge on any atom is 0.306 e. The van der Waals surface area contributed by atoms with Gasteiger partial charge in [-0.3, -0.25) is 19.2 Å². The highest BCUT2D eigenvalue weighted by atomic mass is 32.2. The third-order valence-electron chi connectivity index (χ3n) is 5.20. The lowest BCUT2D eigenvalue weighted by molar-refractivity contribution is -0.387. The van der Waals surface area contributed by atoms with E-state index in [1.165, 1.54) is 34.6 Å². The van der Waals surface area contributed by atoms with Crippen molar-refractivity contribution in [3.8, 4) is 0 Å². The van der Waals surface area contributed by atoms with Crippen LogP contribution in [0.1, 0.15) is 22.8 Å². The van der Waals surface area contributed by atoms with Crippen LogP contribution in [-0.4, -0.2) is 25.3 Å². The van der Waals surface area contributed by atoms with Crippen LogP contribution in [0.15, 0.2) is 71.6 Å². The predicted octanol–water partition coefficient (Wildman–Crippen LogP) is 4.13. The van der Waals surface area contributed by atoms with E-state index in [-0.39, 0.29) is 22.2 Å². The van der Waals surface area contributed by atoms with Gasteiger partial charge in [-0.1, -0.05) is 24.3 Å². The highest BCUT2D eigenvalue weighted by molar-refractivity contribution is 7.92. The maximum absolute atomic E-state index is 13.5. The Kier molecular flexibility index (Phi) is 5.39. The molecule has 1 aliphatic heterocycles. The Balaban J connectivity index is 1.63. The minimum Gasteiger partial charge on any atom is -0.322 e. The first-order valence-corrected chi connectivity index (χ1v) is 11.1. The van der Waals surface area contributed by atoms with Crippen molar-refractivity contribution in [3.63, 3.8) is 0 Å². The van der Waals surface area contributed by atoms with Gasteiger partial charge in [0, 0.05) is 23.4 Å². The van der Waals surface area contributed by atoms with E-state index in [0.717, 1.165) is 17.7 Å². The number of hydrogen-bond acceptors (Lipinski definition) is 5. The first kappa shape index (κ1) is 21.4. The number of nitro benzene ring substituents is 1. The van der Waals surface area contributed by atoms with E-state index in [4.69, 9.17) is 0 Å². The van der Waals surface area contributed by atoms with E-state index in [2.05, 4.69) is 5.32 Å². The van der Waals surface area contributed by atoms with Crippen LogP contribution in [0, 0.1) is 15.9 Å². The summed E-state index contributed by atoms with van der Waals surface area (Å²) in [6.45, 7) is 1.82. The molecule has 0 aromatic heterocycles. The molecule has 0 bridgehead atoms. The average Bonchev–Trinajstić information content (AvgIpc) is 3.11. The molecule has 1 aliphatic rings. The maximum atomic E-state index is 13.5. The van der Waals surface area contributed by atoms with Gasteiger partial charge >= 0.3 is 5.69 Å². The van der Waals surface area contributed by atoms with Gasteiger partial charge in [-0.05, 0) is 55.3 Å². The third-order valence-corrected chi connectivity index (χ3v) is 7.12. The first-order chi connectivity index (χ1) is 15.2. The molecule has 8 nitrogen and oxygen atoms in total. The van der Waals surface area contributed by atoms with Gasteiger partial charge < -0.3 is 5.32 Å². The molecule has 0 radical (unpaired) electrons. The van der Waals surface area contributed by atoms with Crippen LogP contribution in [-0.2, 0) is 16.4 Å². The number of sulfonamides is 1. The van der Waals surface area contributed by atoms with Crippen LogP contribution in [0.2, 0.25) is 0 Å². The van der Waals surface area contributed by atoms with Crippen molar-refractivity contribution in [2.75, 3.05) is 9.62 Å². The van der Waals surface area contributed by atoms with E-state index in [1.54, 1.807) is 12.1 Å². The van der Waals surface area contributed by atoms with Crippen LogP contribution in [0.4, 0.5) is 21.5 Å². The third kappa shape index (κ3) is 3.80. The Bertz CT molecular complexity index is 1340. The summed E-state index contributed by atoms with van der Waals surface area (Å²) >= 11 is 0. The summed E-state index contributed by atoms with van der Waals surface area (Å²) in [6.07, 6.45) is 0.582. The lowest BCUT2D eigenvalue weighted by Gasteiger charge is -2.24. The Morgan fingerprint density at radius 2 is 1.88 bits per heavy atom. The molecule has 10 heteroatoms. The summed E-state index contributed by atoms with van der Waals surface area (Å²) in [5, 5.41) is 13.3. The number of carbonyl (C=O) groups excluding carboxylic acids is 1. The van der Waals surface area contributed by atoms with E-state index < -0.39 is 32.4 Å². The van der Waals surface area contributed by atoms with E-state index in [0.29, 0.717) is 12.1 Å². The Labute approximate surface area is 183 Å². The summed E-state index contributed by atoms with van der Waals surface area (Å²) in [4.78, 5) is 22.6. The molecule has 164 valence electrons. The highest BCUT2D eigenvalue weighted by Crippen LogP contribution is 2.36. The average molecular weight is 455 g/mol. The fraction of sp³-hybridized carbons (Fsp3) is 0.136. The van der Waals surface area contributed by atoms with E-state index >= 15 is 0 Å². The standard InChI is InChI=1S/C22H18FN3O5S/c1-14-11-15-5-2-3-8-20(15)25(14)32(30,31)18-7-4-6-16(12-18)22(27)24-17-9-10-19(23)21(13-17)26(28)29/h2-10,12-14H,11H2,1H3,(H,24,27)/t14-/m1/s1. The van der Waals surface area contributed by atoms with Crippen molar-refractivity contribution in [1.29, 1.82) is 0 Å². The molecule has 4 rings (SSSR count). The molecule has 0 fully saturated rings. The van der Waals surface area contributed by atoms with Crippen LogP contribution >= 0.6 is 0 Å². The first-order valence-electron chi connectivity index (χ1n) is 9.66. The zero-order chi connectivity index (χ0) is 23.0. The molecular formula is C22H18FN3O5S. The highest BCUT2D eigenvalue weighted by Gasteiger charge is 2.36. The van der Waals surface area contributed by atoms with E-state index in [1.807, 2.05) is 19.1 Å². The van der Waals surface area contributed by atoms with Crippen molar-refractivity contribution >= 4 is 33.0 Å². The van der Waals surface area contributed by atoms with Gasteiger partial charge in [-0.2, -0.15) is 4.39 Å². The number of para-hydroxylation sites is 1. The van der Waals surface area contributed by atoms with Crippen LogP contribution in [0.5, 0.6) is 0 Å². The molecule has 0 saturated heterocycles. The number of benzene rings is 3.